The molecule has 0 spiro atoms. The summed E-state index contributed by atoms with van der Waals surface area (Å²) < 4.78 is 62.4. The molecule has 0 aliphatic rings. The van der Waals surface area contributed by atoms with Crippen molar-refractivity contribution in [3.05, 3.63) is 23.8 Å². The van der Waals surface area contributed by atoms with Crippen LogP contribution in [0, 0.1) is 0 Å². The maximum Gasteiger partial charge on any atom is 0.573 e. The fourth-order valence-corrected chi connectivity index (χ4v) is 1.94. The molecule has 0 saturated heterocycles. The molecule has 96 valence electrons. The van der Waals surface area contributed by atoms with Gasteiger partial charge in [0.15, 0.2) is 9.84 Å². The van der Waals surface area contributed by atoms with E-state index in [0.29, 0.717) is 12.0 Å². The summed E-state index contributed by atoms with van der Waals surface area (Å²) in [7, 11) is -3.56. The van der Waals surface area contributed by atoms with Gasteiger partial charge in [0.1, 0.15) is 5.75 Å². The Morgan fingerprint density at radius 3 is 2.24 bits per heavy atom. The number of hydrogen-bond donors (Lipinski definition) is 0. The molecule has 1 rings (SSSR count). The molecule has 0 fully saturated rings. The van der Waals surface area contributed by atoms with Gasteiger partial charge in [0.05, 0.1) is 4.90 Å². The first-order valence-corrected chi connectivity index (χ1v) is 6.61. The second-order valence-electron chi connectivity index (χ2n) is 3.49. The molecule has 0 bridgehead atoms. The van der Waals surface area contributed by atoms with Crippen LogP contribution in [0.25, 0.3) is 0 Å². The number of aryl methyl sites for hydroxylation is 1. The molecule has 1 aromatic rings. The molecule has 0 aromatic heterocycles. The van der Waals surface area contributed by atoms with Crippen molar-refractivity contribution in [3.8, 4) is 5.75 Å². The summed E-state index contributed by atoms with van der Waals surface area (Å²) in [4.78, 5) is -0.184. The summed E-state index contributed by atoms with van der Waals surface area (Å²) in [5.74, 6) is -0.516. The smallest absolute Gasteiger partial charge is 0.406 e. The quantitative estimate of drug-likeness (QED) is 0.846. The molecule has 0 atom stereocenters. The summed E-state index contributed by atoms with van der Waals surface area (Å²) in [6.07, 6.45) is -3.49. The number of halogens is 3. The number of benzene rings is 1. The highest BCUT2D eigenvalue weighted by atomic mass is 32.2. The van der Waals surface area contributed by atoms with E-state index in [1.54, 1.807) is 6.92 Å². The van der Waals surface area contributed by atoms with Crippen molar-refractivity contribution in [2.24, 2.45) is 0 Å². The lowest BCUT2D eigenvalue weighted by Gasteiger charge is -2.11. The first kappa shape index (κ1) is 13.8. The minimum absolute atomic E-state index is 0.184. The van der Waals surface area contributed by atoms with Gasteiger partial charge in [0.25, 0.3) is 0 Å². The lowest BCUT2D eigenvalue weighted by Crippen LogP contribution is -2.17. The predicted molar refractivity (Wildman–Crippen MR) is 55.6 cm³/mol. The maximum atomic E-state index is 12.0. The Morgan fingerprint density at radius 2 is 1.82 bits per heavy atom. The monoisotopic (exact) mass is 268 g/mol. The minimum Gasteiger partial charge on any atom is -0.406 e. The Bertz CT molecular complexity index is 506. The number of rotatable bonds is 3. The van der Waals surface area contributed by atoms with Crippen molar-refractivity contribution in [1.82, 2.24) is 0 Å². The van der Waals surface area contributed by atoms with Crippen LogP contribution < -0.4 is 4.74 Å². The largest absolute Gasteiger partial charge is 0.573 e. The van der Waals surface area contributed by atoms with Gasteiger partial charge in [-0.25, -0.2) is 8.42 Å². The highest BCUT2D eigenvalue weighted by Gasteiger charge is 2.31. The predicted octanol–water partition coefficient (Wildman–Crippen LogP) is 2.55. The SMILES string of the molecule is CCc1cc(OC(F)(F)F)cc(S(C)(=O)=O)c1. The molecule has 0 aliphatic carbocycles. The lowest BCUT2D eigenvalue weighted by atomic mass is 10.2. The molecule has 0 heterocycles. The van der Waals surface area contributed by atoms with Crippen molar-refractivity contribution in [1.29, 1.82) is 0 Å². The Hall–Kier alpha value is -1.24. The zero-order chi connectivity index (χ0) is 13.3. The number of ether oxygens (including phenoxy) is 1. The standard InChI is InChI=1S/C10H11F3O3S/c1-3-7-4-8(16-10(11,12)13)6-9(5-7)17(2,14)15/h4-6H,3H2,1-2H3. The van der Waals surface area contributed by atoms with E-state index >= 15 is 0 Å². The van der Waals surface area contributed by atoms with Gasteiger partial charge in [-0.1, -0.05) is 6.92 Å². The van der Waals surface area contributed by atoms with Crippen molar-refractivity contribution in [3.63, 3.8) is 0 Å². The van der Waals surface area contributed by atoms with Crippen LogP contribution in [0.2, 0.25) is 0 Å². The van der Waals surface area contributed by atoms with Gasteiger partial charge < -0.3 is 4.74 Å². The van der Waals surface area contributed by atoms with Crippen LogP contribution in [0.5, 0.6) is 5.75 Å². The third-order valence-corrected chi connectivity index (χ3v) is 3.10. The van der Waals surface area contributed by atoms with Gasteiger partial charge in [-0.3, -0.25) is 0 Å². The van der Waals surface area contributed by atoms with Crippen LogP contribution in [-0.4, -0.2) is 21.0 Å². The zero-order valence-corrected chi connectivity index (χ0v) is 10.0. The summed E-state index contributed by atoms with van der Waals surface area (Å²) in [6, 6.07) is 3.36. The van der Waals surface area contributed by atoms with Crippen molar-refractivity contribution >= 4 is 9.84 Å². The number of hydrogen-bond acceptors (Lipinski definition) is 3. The van der Waals surface area contributed by atoms with Crippen LogP contribution in [-0.2, 0) is 16.3 Å². The third kappa shape index (κ3) is 4.26. The van der Waals surface area contributed by atoms with E-state index in [4.69, 9.17) is 0 Å². The maximum absolute atomic E-state index is 12.0. The van der Waals surface area contributed by atoms with Gasteiger partial charge in [0, 0.05) is 6.26 Å². The zero-order valence-electron chi connectivity index (χ0n) is 9.21. The van der Waals surface area contributed by atoms with Crippen LogP contribution in [0.3, 0.4) is 0 Å². The molecule has 17 heavy (non-hydrogen) atoms. The Labute approximate surface area is 97.1 Å². The molecule has 0 unspecified atom stereocenters. The highest BCUT2D eigenvalue weighted by molar-refractivity contribution is 7.90. The molecular formula is C10H11F3O3S. The number of alkyl halides is 3. The van der Waals surface area contributed by atoms with Crippen LogP contribution in [0.1, 0.15) is 12.5 Å². The normalized spacial score (nSPS) is 12.5. The molecule has 3 nitrogen and oxygen atoms in total. The van der Waals surface area contributed by atoms with E-state index in [0.717, 1.165) is 12.3 Å². The second kappa shape index (κ2) is 4.56. The average Bonchev–Trinajstić information content (AvgIpc) is 2.13. The molecule has 0 saturated carbocycles. The summed E-state index contributed by atoms with van der Waals surface area (Å²) in [5.41, 5.74) is 0.465. The molecule has 0 aliphatic heterocycles. The van der Waals surface area contributed by atoms with Gasteiger partial charge in [-0.05, 0) is 30.2 Å². The highest BCUT2D eigenvalue weighted by Crippen LogP contribution is 2.27. The fourth-order valence-electron chi connectivity index (χ4n) is 1.24. The van der Waals surface area contributed by atoms with Crippen LogP contribution in [0.15, 0.2) is 23.1 Å². The summed E-state index contributed by atoms with van der Waals surface area (Å²) >= 11 is 0. The number of sulfone groups is 1. The van der Waals surface area contributed by atoms with Crippen molar-refractivity contribution < 1.29 is 26.3 Å². The molecular weight excluding hydrogens is 257 g/mol. The fraction of sp³-hybridized carbons (Fsp3) is 0.400. The molecule has 0 N–H and O–H groups in total. The van der Waals surface area contributed by atoms with Crippen LogP contribution in [0.4, 0.5) is 13.2 Å². The van der Waals surface area contributed by atoms with Gasteiger partial charge in [-0.2, -0.15) is 0 Å². The van der Waals surface area contributed by atoms with Gasteiger partial charge in [0.2, 0.25) is 0 Å². The first-order chi connectivity index (χ1) is 7.62. The van der Waals surface area contributed by atoms with Crippen LogP contribution >= 0.6 is 0 Å². The molecule has 0 radical (unpaired) electrons. The van der Waals surface area contributed by atoms with Crippen molar-refractivity contribution in [2.75, 3.05) is 6.26 Å². The van der Waals surface area contributed by atoms with E-state index in [1.807, 2.05) is 0 Å². The Morgan fingerprint density at radius 1 is 1.24 bits per heavy atom. The van der Waals surface area contributed by atoms with E-state index < -0.39 is 21.9 Å². The summed E-state index contributed by atoms with van der Waals surface area (Å²) in [5, 5.41) is 0. The van der Waals surface area contributed by atoms with Gasteiger partial charge >= 0.3 is 6.36 Å². The first-order valence-electron chi connectivity index (χ1n) is 4.71. The Balaban J connectivity index is 3.24. The van der Waals surface area contributed by atoms with E-state index in [9.17, 15) is 21.6 Å². The minimum atomic E-state index is -4.83. The molecule has 7 heteroatoms. The topological polar surface area (TPSA) is 43.4 Å². The average molecular weight is 268 g/mol. The van der Waals surface area contributed by atoms with Gasteiger partial charge in [-0.15, -0.1) is 13.2 Å². The third-order valence-electron chi connectivity index (χ3n) is 2.01. The van der Waals surface area contributed by atoms with Crippen molar-refractivity contribution in [2.45, 2.75) is 24.6 Å². The molecule has 1 aromatic carbocycles. The Kier molecular flexibility index (Phi) is 3.71. The molecule has 0 amide bonds. The second-order valence-corrected chi connectivity index (χ2v) is 5.50. The van der Waals surface area contributed by atoms with E-state index in [1.165, 1.54) is 12.1 Å². The van der Waals surface area contributed by atoms with E-state index in [-0.39, 0.29) is 4.90 Å². The van der Waals surface area contributed by atoms with E-state index in [2.05, 4.69) is 4.74 Å². The summed E-state index contributed by atoms with van der Waals surface area (Å²) in [6.45, 7) is 1.71. The lowest BCUT2D eigenvalue weighted by molar-refractivity contribution is -0.274.